The number of carbonyl (C=O) groups excluding carboxylic acids is 1. The van der Waals surface area contributed by atoms with Crippen molar-refractivity contribution < 1.29 is 22.0 Å². The topological polar surface area (TPSA) is 76.1 Å². The van der Waals surface area contributed by atoms with Gasteiger partial charge in [-0.15, -0.1) is 11.3 Å². The quantitative estimate of drug-likeness (QED) is 0.603. The normalized spacial score (nSPS) is 11.6. The highest BCUT2D eigenvalue weighted by Crippen LogP contribution is 2.25. The summed E-state index contributed by atoms with van der Waals surface area (Å²) in [5.74, 6) is -4.04. The lowest BCUT2D eigenvalue weighted by atomic mass is 10.1. The van der Waals surface area contributed by atoms with Crippen LogP contribution in [0.15, 0.2) is 59.6 Å². The molecule has 146 valence electrons. The Morgan fingerprint density at radius 1 is 1.14 bits per heavy atom. The van der Waals surface area contributed by atoms with E-state index in [1.54, 1.807) is 12.3 Å². The Bertz CT molecular complexity index is 1100. The molecule has 28 heavy (non-hydrogen) atoms. The predicted octanol–water partition coefficient (Wildman–Crippen LogP) is 4.64. The van der Waals surface area contributed by atoms with Crippen LogP contribution in [0.4, 0.5) is 13.9 Å². The molecule has 1 amide bonds. The fourth-order valence-electron chi connectivity index (χ4n) is 2.34. The highest BCUT2D eigenvalue weighted by Gasteiger charge is 2.26. The third kappa shape index (κ3) is 4.54. The van der Waals surface area contributed by atoms with Crippen molar-refractivity contribution in [3.63, 3.8) is 0 Å². The number of carbonyl (C=O) groups is 1. The van der Waals surface area contributed by atoms with Gasteiger partial charge in [0.05, 0.1) is 4.90 Å². The van der Waals surface area contributed by atoms with Gasteiger partial charge in [-0.1, -0.05) is 29.8 Å². The SMILES string of the molecule is O=C(Nc1ncc(Cc2ccccc2Cl)s1)c1ccc(S(=O)(=O)C(F)F)cc1. The zero-order valence-electron chi connectivity index (χ0n) is 14.1. The van der Waals surface area contributed by atoms with E-state index in [2.05, 4.69) is 10.3 Å². The molecule has 0 fully saturated rings. The minimum absolute atomic E-state index is 0.121. The number of amides is 1. The first kappa shape index (κ1) is 20.4. The first-order valence-corrected chi connectivity index (χ1v) is 10.6. The molecule has 0 aliphatic heterocycles. The standard InChI is InChI=1S/C18H13ClF2N2O3S2/c19-15-4-2-1-3-12(15)9-13-10-22-18(27-13)23-16(24)11-5-7-14(8-6-11)28(25,26)17(20)21/h1-8,10,17H,9H2,(H,22,23,24). The number of halogens is 3. The van der Waals surface area contributed by atoms with Crippen LogP contribution in [0.1, 0.15) is 20.8 Å². The zero-order chi connectivity index (χ0) is 20.3. The number of rotatable bonds is 6. The average molecular weight is 443 g/mol. The molecule has 2 aromatic carbocycles. The van der Waals surface area contributed by atoms with E-state index in [0.717, 1.165) is 22.6 Å². The van der Waals surface area contributed by atoms with Gasteiger partial charge in [0.15, 0.2) is 5.13 Å². The van der Waals surface area contributed by atoms with Crippen LogP contribution in [0.2, 0.25) is 5.02 Å². The van der Waals surface area contributed by atoms with Crippen molar-refractivity contribution in [2.45, 2.75) is 17.1 Å². The van der Waals surface area contributed by atoms with E-state index in [9.17, 15) is 22.0 Å². The van der Waals surface area contributed by atoms with Crippen molar-refractivity contribution in [3.8, 4) is 0 Å². The lowest BCUT2D eigenvalue weighted by Gasteiger charge is -2.05. The van der Waals surface area contributed by atoms with Gasteiger partial charge in [-0.25, -0.2) is 13.4 Å². The Balaban J connectivity index is 1.69. The molecule has 0 radical (unpaired) electrons. The van der Waals surface area contributed by atoms with E-state index < -0.39 is 26.4 Å². The van der Waals surface area contributed by atoms with Crippen molar-refractivity contribution in [3.05, 3.63) is 75.8 Å². The summed E-state index contributed by atoms with van der Waals surface area (Å²) in [6.07, 6.45) is 2.19. The van der Waals surface area contributed by atoms with Crippen molar-refractivity contribution in [1.29, 1.82) is 0 Å². The number of nitrogens with zero attached hydrogens (tertiary/aromatic N) is 1. The molecule has 1 N–H and O–H groups in total. The van der Waals surface area contributed by atoms with E-state index in [4.69, 9.17) is 11.6 Å². The molecule has 0 unspecified atom stereocenters. The molecule has 3 aromatic rings. The molecule has 1 aromatic heterocycles. The Morgan fingerprint density at radius 2 is 1.82 bits per heavy atom. The molecule has 0 spiro atoms. The Hall–Kier alpha value is -2.36. The van der Waals surface area contributed by atoms with Crippen LogP contribution >= 0.6 is 22.9 Å². The van der Waals surface area contributed by atoms with Gasteiger partial charge in [0.2, 0.25) is 9.84 Å². The summed E-state index contributed by atoms with van der Waals surface area (Å²) in [5, 5.41) is 3.59. The first-order chi connectivity index (χ1) is 13.3. The fourth-order valence-corrected chi connectivity index (χ4v) is 4.10. The minimum atomic E-state index is -4.69. The van der Waals surface area contributed by atoms with Gasteiger partial charge >= 0.3 is 5.76 Å². The molecule has 0 saturated carbocycles. The lowest BCUT2D eigenvalue weighted by Crippen LogP contribution is -2.14. The van der Waals surface area contributed by atoms with Gasteiger partial charge < -0.3 is 0 Å². The van der Waals surface area contributed by atoms with Gasteiger partial charge in [-0.3, -0.25) is 10.1 Å². The summed E-state index contributed by atoms with van der Waals surface area (Å²) < 4.78 is 47.9. The lowest BCUT2D eigenvalue weighted by molar-refractivity contribution is 0.102. The summed E-state index contributed by atoms with van der Waals surface area (Å²) in [6, 6.07) is 11.7. The van der Waals surface area contributed by atoms with Gasteiger partial charge in [0, 0.05) is 28.1 Å². The van der Waals surface area contributed by atoms with Crippen molar-refractivity contribution >= 4 is 43.8 Å². The van der Waals surface area contributed by atoms with Gasteiger partial charge in [0.1, 0.15) is 0 Å². The van der Waals surface area contributed by atoms with Crippen LogP contribution in [0.5, 0.6) is 0 Å². The van der Waals surface area contributed by atoms with Crippen molar-refractivity contribution in [1.82, 2.24) is 4.98 Å². The van der Waals surface area contributed by atoms with Crippen molar-refractivity contribution in [2.24, 2.45) is 0 Å². The first-order valence-electron chi connectivity index (χ1n) is 7.89. The van der Waals surface area contributed by atoms with Crippen LogP contribution in [0, 0.1) is 0 Å². The average Bonchev–Trinajstić information content (AvgIpc) is 3.10. The van der Waals surface area contributed by atoms with Crippen LogP contribution in [-0.2, 0) is 16.3 Å². The number of aromatic nitrogens is 1. The number of anilines is 1. The van der Waals surface area contributed by atoms with Gasteiger partial charge in [-0.2, -0.15) is 8.78 Å². The maximum Gasteiger partial charge on any atom is 0.341 e. The molecule has 5 nitrogen and oxygen atoms in total. The zero-order valence-corrected chi connectivity index (χ0v) is 16.5. The molecular formula is C18H13ClF2N2O3S2. The van der Waals surface area contributed by atoms with Crippen LogP contribution < -0.4 is 5.32 Å². The third-order valence-electron chi connectivity index (χ3n) is 3.78. The summed E-state index contributed by atoms with van der Waals surface area (Å²) in [7, 11) is -4.69. The molecular weight excluding hydrogens is 430 g/mol. The Labute approximate surface area is 168 Å². The Morgan fingerprint density at radius 3 is 2.46 bits per heavy atom. The van der Waals surface area contributed by atoms with Crippen LogP contribution in [0.25, 0.3) is 0 Å². The van der Waals surface area contributed by atoms with Gasteiger partial charge in [0.25, 0.3) is 5.91 Å². The number of nitrogens with one attached hydrogen (secondary N) is 1. The number of hydrogen-bond acceptors (Lipinski definition) is 5. The van der Waals surface area contributed by atoms with Gasteiger partial charge in [-0.05, 0) is 35.9 Å². The molecule has 0 saturated heterocycles. The van der Waals surface area contributed by atoms with E-state index in [1.165, 1.54) is 23.5 Å². The van der Waals surface area contributed by atoms with Crippen LogP contribution in [0.3, 0.4) is 0 Å². The Kier molecular flexibility index (Phi) is 6.07. The monoisotopic (exact) mass is 442 g/mol. The molecule has 0 bridgehead atoms. The second-order valence-electron chi connectivity index (χ2n) is 5.68. The highest BCUT2D eigenvalue weighted by atomic mass is 35.5. The molecule has 0 aliphatic rings. The molecule has 0 aliphatic carbocycles. The molecule has 0 atom stereocenters. The smallest absolute Gasteiger partial charge is 0.298 e. The third-order valence-corrected chi connectivity index (χ3v) is 6.46. The number of alkyl halides is 2. The maximum absolute atomic E-state index is 12.5. The fraction of sp³-hybridized carbons (Fsp3) is 0.111. The summed E-state index contributed by atoms with van der Waals surface area (Å²) in [4.78, 5) is 16.7. The minimum Gasteiger partial charge on any atom is -0.298 e. The van der Waals surface area contributed by atoms with E-state index in [1.807, 2.05) is 18.2 Å². The van der Waals surface area contributed by atoms with Crippen molar-refractivity contribution in [2.75, 3.05) is 5.32 Å². The molecule has 10 heteroatoms. The molecule has 3 rings (SSSR count). The van der Waals surface area contributed by atoms with Crippen LogP contribution in [-0.4, -0.2) is 25.1 Å². The second-order valence-corrected chi connectivity index (χ2v) is 9.12. The number of benzene rings is 2. The summed E-state index contributed by atoms with van der Waals surface area (Å²) in [6.45, 7) is 0. The number of thiazole rings is 1. The second kappa shape index (κ2) is 8.34. The van der Waals surface area contributed by atoms with E-state index in [0.29, 0.717) is 16.6 Å². The maximum atomic E-state index is 12.5. The largest absolute Gasteiger partial charge is 0.341 e. The highest BCUT2D eigenvalue weighted by molar-refractivity contribution is 7.91. The number of hydrogen-bond donors (Lipinski definition) is 1. The molecule has 1 heterocycles. The van der Waals surface area contributed by atoms with E-state index >= 15 is 0 Å². The summed E-state index contributed by atoms with van der Waals surface area (Å²) in [5.41, 5.74) is 1.05. The predicted molar refractivity (Wildman–Crippen MR) is 104 cm³/mol. The van der Waals surface area contributed by atoms with E-state index in [-0.39, 0.29) is 5.56 Å². The summed E-state index contributed by atoms with van der Waals surface area (Å²) >= 11 is 7.41. The number of sulfone groups is 1.